The molecule has 0 aliphatic heterocycles. The molecular formula is C49H32N2O. The van der Waals surface area contributed by atoms with Gasteiger partial charge in [-0.2, -0.15) is 0 Å². The van der Waals surface area contributed by atoms with Gasteiger partial charge < -0.3 is 9.32 Å². The molecule has 1 aromatic heterocycles. The summed E-state index contributed by atoms with van der Waals surface area (Å²) >= 11 is 0. The van der Waals surface area contributed by atoms with Crippen LogP contribution in [0.4, 0.5) is 17.1 Å². The van der Waals surface area contributed by atoms with Crippen LogP contribution in [0.15, 0.2) is 199 Å². The van der Waals surface area contributed by atoms with E-state index in [1.807, 2.05) is 30.3 Å². The minimum Gasteiger partial charge on any atom is -0.435 e. The van der Waals surface area contributed by atoms with Crippen LogP contribution in [0.3, 0.4) is 0 Å². The molecule has 10 aromatic rings. The maximum atomic E-state index is 6.52. The minimum absolute atomic E-state index is 0.634. The summed E-state index contributed by atoms with van der Waals surface area (Å²) < 4.78 is 6.52. The Morgan fingerprint density at radius 1 is 0.365 bits per heavy atom. The van der Waals surface area contributed by atoms with Crippen molar-refractivity contribution in [3.05, 3.63) is 194 Å². The topological polar surface area (TPSA) is 29.3 Å². The fourth-order valence-electron chi connectivity index (χ4n) is 7.43. The summed E-state index contributed by atoms with van der Waals surface area (Å²) in [5.41, 5.74) is 10.6. The molecule has 9 aromatic carbocycles. The third kappa shape index (κ3) is 5.28. The van der Waals surface area contributed by atoms with Crippen LogP contribution in [0.2, 0.25) is 0 Å². The van der Waals surface area contributed by atoms with Crippen LogP contribution in [0, 0.1) is 0 Å². The molecule has 0 N–H and O–H groups in total. The predicted octanol–water partition coefficient (Wildman–Crippen LogP) is 13.8. The largest absolute Gasteiger partial charge is 0.435 e. The van der Waals surface area contributed by atoms with E-state index in [2.05, 4.69) is 169 Å². The first-order valence-corrected chi connectivity index (χ1v) is 17.6. The Labute approximate surface area is 301 Å². The van der Waals surface area contributed by atoms with E-state index in [9.17, 15) is 0 Å². The Kier molecular flexibility index (Phi) is 7.14. The first-order valence-electron chi connectivity index (χ1n) is 17.6. The molecule has 0 saturated heterocycles. The molecule has 1 heterocycles. The molecule has 0 radical (unpaired) electrons. The van der Waals surface area contributed by atoms with Crippen molar-refractivity contribution in [2.45, 2.75) is 0 Å². The maximum absolute atomic E-state index is 6.52. The first-order chi connectivity index (χ1) is 25.7. The van der Waals surface area contributed by atoms with E-state index in [1.54, 1.807) is 0 Å². The Morgan fingerprint density at radius 2 is 0.942 bits per heavy atom. The van der Waals surface area contributed by atoms with Crippen molar-refractivity contribution >= 4 is 60.5 Å². The summed E-state index contributed by atoms with van der Waals surface area (Å²) in [5.74, 6) is 0.634. The van der Waals surface area contributed by atoms with Gasteiger partial charge in [0.2, 0.25) is 5.89 Å². The Morgan fingerprint density at radius 3 is 1.77 bits per heavy atom. The second-order valence-electron chi connectivity index (χ2n) is 13.2. The quantitative estimate of drug-likeness (QED) is 0.166. The Bertz CT molecular complexity index is 2890. The van der Waals surface area contributed by atoms with Gasteiger partial charge in [-0.3, -0.25) is 0 Å². The van der Waals surface area contributed by atoms with E-state index in [0.29, 0.717) is 5.89 Å². The fraction of sp³-hybridized carbons (Fsp3) is 0. The second-order valence-corrected chi connectivity index (χ2v) is 13.2. The van der Waals surface area contributed by atoms with Gasteiger partial charge in [-0.25, -0.2) is 4.98 Å². The van der Waals surface area contributed by atoms with Gasteiger partial charge in [0.1, 0.15) is 5.52 Å². The molecule has 0 aliphatic carbocycles. The van der Waals surface area contributed by atoms with Gasteiger partial charge in [0.15, 0.2) is 5.58 Å². The van der Waals surface area contributed by atoms with Gasteiger partial charge in [0.25, 0.3) is 0 Å². The number of hydrogen-bond donors (Lipinski definition) is 0. The molecular weight excluding hydrogens is 633 g/mol. The highest BCUT2D eigenvalue weighted by atomic mass is 16.3. The van der Waals surface area contributed by atoms with Crippen molar-refractivity contribution in [2.75, 3.05) is 4.90 Å². The number of nitrogens with zero attached hydrogens (tertiary/aromatic N) is 2. The summed E-state index contributed by atoms with van der Waals surface area (Å²) in [6.07, 6.45) is 0. The predicted molar refractivity (Wildman–Crippen MR) is 218 cm³/mol. The van der Waals surface area contributed by atoms with Crippen molar-refractivity contribution in [2.24, 2.45) is 0 Å². The number of anilines is 3. The summed E-state index contributed by atoms with van der Waals surface area (Å²) in [7, 11) is 0. The molecule has 0 saturated carbocycles. The lowest BCUT2D eigenvalue weighted by molar-refractivity contribution is 0.623. The van der Waals surface area contributed by atoms with Crippen LogP contribution in [0.25, 0.3) is 77.1 Å². The van der Waals surface area contributed by atoms with Gasteiger partial charge in [-0.05, 0) is 110 Å². The lowest BCUT2D eigenvalue weighted by Crippen LogP contribution is -2.10. The monoisotopic (exact) mass is 664 g/mol. The number of hydrogen-bond acceptors (Lipinski definition) is 3. The summed E-state index contributed by atoms with van der Waals surface area (Å²) in [6.45, 7) is 0. The molecule has 3 nitrogen and oxygen atoms in total. The van der Waals surface area contributed by atoms with E-state index in [-0.39, 0.29) is 0 Å². The van der Waals surface area contributed by atoms with Gasteiger partial charge in [0.05, 0.1) is 0 Å². The Balaban J connectivity index is 1.11. The molecule has 0 spiro atoms. The number of benzene rings is 9. The van der Waals surface area contributed by atoms with Crippen molar-refractivity contribution in [1.29, 1.82) is 0 Å². The van der Waals surface area contributed by atoms with Gasteiger partial charge in [0, 0.05) is 28.0 Å². The number of aromatic nitrogens is 1. The van der Waals surface area contributed by atoms with Crippen molar-refractivity contribution in [1.82, 2.24) is 4.98 Å². The van der Waals surface area contributed by atoms with Crippen LogP contribution in [-0.2, 0) is 0 Å². The second kappa shape index (κ2) is 12.4. The van der Waals surface area contributed by atoms with Crippen LogP contribution in [0.1, 0.15) is 0 Å². The molecule has 0 unspecified atom stereocenters. The van der Waals surface area contributed by atoms with Crippen LogP contribution in [-0.4, -0.2) is 4.98 Å². The number of oxazole rings is 1. The summed E-state index contributed by atoms with van der Waals surface area (Å²) in [5, 5.41) is 6.94. The van der Waals surface area contributed by atoms with E-state index in [0.717, 1.165) is 66.4 Å². The molecule has 3 heteroatoms. The maximum Gasteiger partial charge on any atom is 0.227 e. The number of rotatable bonds is 6. The third-order valence-electron chi connectivity index (χ3n) is 10.0. The van der Waals surface area contributed by atoms with E-state index >= 15 is 0 Å². The zero-order valence-electron chi connectivity index (χ0n) is 28.3. The average molecular weight is 665 g/mol. The standard InChI is InChI=1S/C49H32N2O/c1-3-10-33(11-4-1)35-22-26-42(27-23-35)51(44-28-24-34-12-7-8-15-39(34)30-44)43-17-9-16-40(31-43)41-21-19-36-18-20-37-25-29-46-48(47(37)45(36)32-41)52-49(50-46)38-13-5-2-6-14-38/h1-32H. The third-order valence-corrected chi connectivity index (χ3v) is 10.0. The molecule has 0 fully saturated rings. The smallest absolute Gasteiger partial charge is 0.227 e. The molecule has 244 valence electrons. The van der Waals surface area contributed by atoms with Gasteiger partial charge in [-0.1, -0.05) is 133 Å². The highest BCUT2D eigenvalue weighted by Gasteiger charge is 2.17. The Hall–Kier alpha value is -6.97. The highest BCUT2D eigenvalue weighted by Crippen LogP contribution is 2.40. The van der Waals surface area contributed by atoms with E-state index < -0.39 is 0 Å². The molecule has 52 heavy (non-hydrogen) atoms. The highest BCUT2D eigenvalue weighted by molar-refractivity contribution is 6.18. The number of fused-ring (bicyclic) bond motifs is 6. The zero-order chi connectivity index (χ0) is 34.4. The summed E-state index contributed by atoms with van der Waals surface area (Å²) in [4.78, 5) is 7.23. The SMILES string of the molecule is c1ccc(-c2ccc(N(c3cccc(-c4ccc5ccc6ccc7nc(-c8ccccc8)oc7c6c5c4)c3)c3ccc4ccccc4c3)cc2)cc1. The summed E-state index contributed by atoms with van der Waals surface area (Å²) in [6, 6.07) is 68.9. The zero-order valence-corrected chi connectivity index (χ0v) is 28.3. The van der Waals surface area contributed by atoms with Gasteiger partial charge >= 0.3 is 0 Å². The lowest BCUT2D eigenvalue weighted by atomic mass is 9.96. The van der Waals surface area contributed by atoms with Crippen molar-refractivity contribution in [3.8, 4) is 33.7 Å². The normalized spacial score (nSPS) is 11.5. The molecule has 10 rings (SSSR count). The lowest BCUT2D eigenvalue weighted by Gasteiger charge is -2.26. The van der Waals surface area contributed by atoms with E-state index in [4.69, 9.17) is 9.40 Å². The van der Waals surface area contributed by atoms with Crippen LogP contribution < -0.4 is 4.90 Å². The van der Waals surface area contributed by atoms with Crippen LogP contribution in [0.5, 0.6) is 0 Å². The fourth-order valence-corrected chi connectivity index (χ4v) is 7.43. The molecule has 0 bridgehead atoms. The van der Waals surface area contributed by atoms with Crippen LogP contribution >= 0.6 is 0 Å². The molecule has 0 aliphatic rings. The van der Waals surface area contributed by atoms with Crippen molar-refractivity contribution in [3.63, 3.8) is 0 Å². The van der Waals surface area contributed by atoms with Gasteiger partial charge in [-0.15, -0.1) is 0 Å². The average Bonchev–Trinajstić information content (AvgIpc) is 3.67. The molecule has 0 atom stereocenters. The van der Waals surface area contributed by atoms with Crippen molar-refractivity contribution < 1.29 is 4.42 Å². The minimum atomic E-state index is 0.634. The van der Waals surface area contributed by atoms with E-state index in [1.165, 1.54) is 21.9 Å². The first kappa shape index (κ1) is 29.9. The molecule has 0 amide bonds.